The number of aromatic nitrogens is 2. The fourth-order valence-electron chi connectivity index (χ4n) is 3.10. The van der Waals surface area contributed by atoms with Crippen molar-refractivity contribution in [3.8, 4) is 10.4 Å². The number of aliphatic hydroxyl groups is 1. The molecule has 0 amide bonds. The summed E-state index contributed by atoms with van der Waals surface area (Å²) < 4.78 is 20.7. The number of aliphatic hydroxyl groups excluding tert-OH is 1. The van der Waals surface area contributed by atoms with Crippen LogP contribution < -0.4 is 10.6 Å². The van der Waals surface area contributed by atoms with Crippen LogP contribution in [0, 0.1) is 4.78 Å². The first-order chi connectivity index (χ1) is 14.5. The Morgan fingerprint density at radius 3 is 2.67 bits per heavy atom. The van der Waals surface area contributed by atoms with Crippen LogP contribution in [-0.2, 0) is 9.73 Å². The Kier molecular flexibility index (Phi) is 6.03. The fourth-order valence-corrected chi connectivity index (χ4v) is 5.56. The largest absolute Gasteiger partial charge is 0.394 e. The minimum absolute atomic E-state index is 0.00360. The van der Waals surface area contributed by atoms with E-state index in [1.54, 1.807) is 41.8 Å². The molecule has 30 heavy (non-hydrogen) atoms. The Morgan fingerprint density at radius 1 is 1.30 bits per heavy atom. The van der Waals surface area contributed by atoms with E-state index < -0.39 is 9.73 Å². The predicted octanol–water partition coefficient (Wildman–Crippen LogP) is 4.70. The standard InChI is InChI=1S/C21H25N5O2S2/c1-2-14(13-27)24-20-18(19-4-3-11-29-19)12-23-21(26-20)25-15-5-7-16(8-6-15)30(22,28)17-9-10-17/h3-8,11-12,14,17,22,27H,2,9-10,13H2,1H3,(H2,23,24,25,26)/t14-,30-/m1/s1. The highest BCUT2D eigenvalue weighted by molar-refractivity contribution is 7.93. The molecule has 4 N–H and O–H groups in total. The van der Waals surface area contributed by atoms with Crippen molar-refractivity contribution in [2.75, 3.05) is 17.2 Å². The molecular formula is C21H25N5O2S2. The fraction of sp³-hybridized carbons (Fsp3) is 0.333. The van der Waals surface area contributed by atoms with E-state index in [9.17, 15) is 9.32 Å². The third kappa shape index (κ3) is 4.48. The van der Waals surface area contributed by atoms with E-state index in [4.69, 9.17) is 4.78 Å². The van der Waals surface area contributed by atoms with Gasteiger partial charge in [0.25, 0.3) is 0 Å². The summed E-state index contributed by atoms with van der Waals surface area (Å²) in [6.45, 7) is 2.02. The molecule has 0 unspecified atom stereocenters. The summed E-state index contributed by atoms with van der Waals surface area (Å²) in [5.41, 5.74) is 1.64. The molecule has 0 spiro atoms. The lowest BCUT2D eigenvalue weighted by atomic mass is 10.2. The van der Waals surface area contributed by atoms with Gasteiger partial charge >= 0.3 is 0 Å². The first kappa shape index (κ1) is 20.8. The summed E-state index contributed by atoms with van der Waals surface area (Å²) in [4.78, 5) is 10.7. The lowest BCUT2D eigenvalue weighted by Crippen LogP contribution is -2.23. The van der Waals surface area contributed by atoms with Gasteiger partial charge in [0.2, 0.25) is 5.95 Å². The maximum Gasteiger partial charge on any atom is 0.229 e. The molecule has 2 heterocycles. The van der Waals surface area contributed by atoms with Gasteiger partial charge in [-0.15, -0.1) is 11.3 Å². The molecule has 1 aromatic carbocycles. The van der Waals surface area contributed by atoms with Crippen LogP contribution >= 0.6 is 11.3 Å². The number of anilines is 3. The van der Waals surface area contributed by atoms with Gasteiger partial charge in [-0.3, -0.25) is 0 Å². The number of thiophene rings is 1. The van der Waals surface area contributed by atoms with Crippen LogP contribution in [0.4, 0.5) is 17.5 Å². The maximum atomic E-state index is 12.6. The van der Waals surface area contributed by atoms with Crippen molar-refractivity contribution in [1.29, 1.82) is 4.78 Å². The zero-order valence-corrected chi connectivity index (χ0v) is 18.3. The minimum atomic E-state index is -2.70. The zero-order valence-electron chi connectivity index (χ0n) is 16.7. The molecule has 0 radical (unpaired) electrons. The quantitative estimate of drug-likeness (QED) is 0.381. The molecule has 2 atom stereocenters. The van der Waals surface area contributed by atoms with Gasteiger partial charge in [0.15, 0.2) is 0 Å². The molecule has 7 nitrogen and oxygen atoms in total. The Hall–Kier alpha value is -2.49. The molecule has 2 aromatic heterocycles. The number of hydrogen-bond acceptors (Lipinski definition) is 8. The highest BCUT2D eigenvalue weighted by Crippen LogP contribution is 2.35. The molecule has 0 saturated heterocycles. The van der Waals surface area contributed by atoms with Gasteiger partial charge in [0.05, 0.1) is 27.9 Å². The monoisotopic (exact) mass is 443 g/mol. The molecular weight excluding hydrogens is 418 g/mol. The molecule has 0 bridgehead atoms. The highest BCUT2D eigenvalue weighted by Gasteiger charge is 2.33. The van der Waals surface area contributed by atoms with Crippen molar-refractivity contribution in [2.24, 2.45) is 0 Å². The van der Waals surface area contributed by atoms with Crippen LogP contribution in [0.2, 0.25) is 0 Å². The molecule has 3 aromatic rings. The Labute approximate surface area is 180 Å². The van der Waals surface area contributed by atoms with E-state index in [1.807, 2.05) is 24.4 Å². The number of nitrogens with one attached hydrogen (secondary N) is 3. The summed E-state index contributed by atoms with van der Waals surface area (Å²) in [6.07, 6.45) is 4.28. The lowest BCUT2D eigenvalue weighted by Gasteiger charge is -2.18. The molecule has 9 heteroatoms. The summed E-state index contributed by atoms with van der Waals surface area (Å²) >= 11 is 1.61. The van der Waals surface area contributed by atoms with Crippen LogP contribution in [-0.4, -0.2) is 37.2 Å². The highest BCUT2D eigenvalue weighted by atomic mass is 32.2. The van der Waals surface area contributed by atoms with Gasteiger partial charge in [-0.25, -0.2) is 14.0 Å². The average molecular weight is 444 g/mol. The summed E-state index contributed by atoms with van der Waals surface area (Å²) in [5.74, 6) is 1.09. The van der Waals surface area contributed by atoms with Crippen molar-refractivity contribution in [1.82, 2.24) is 9.97 Å². The second kappa shape index (κ2) is 8.71. The Morgan fingerprint density at radius 2 is 2.07 bits per heavy atom. The molecule has 0 aliphatic heterocycles. The molecule has 158 valence electrons. The topological polar surface area (TPSA) is 111 Å². The van der Waals surface area contributed by atoms with E-state index in [2.05, 4.69) is 20.6 Å². The third-order valence-electron chi connectivity index (χ3n) is 5.08. The lowest BCUT2D eigenvalue weighted by molar-refractivity contribution is 0.271. The van der Waals surface area contributed by atoms with Crippen LogP contribution in [0.3, 0.4) is 0 Å². The van der Waals surface area contributed by atoms with E-state index in [0.29, 0.717) is 16.7 Å². The van der Waals surface area contributed by atoms with Gasteiger partial charge in [-0.1, -0.05) is 13.0 Å². The number of hydrogen-bond donors (Lipinski definition) is 4. The number of nitrogens with zero attached hydrogens (tertiary/aromatic N) is 2. The maximum absolute atomic E-state index is 12.6. The summed E-state index contributed by atoms with van der Waals surface area (Å²) in [7, 11) is -2.70. The minimum Gasteiger partial charge on any atom is -0.394 e. The van der Waals surface area contributed by atoms with E-state index in [0.717, 1.165) is 35.4 Å². The Bertz CT molecular complexity index is 1090. The van der Waals surface area contributed by atoms with Crippen LogP contribution in [0.15, 0.2) is 52.9 Å². The van der Waals surface area contributed by atoms with Crippen molar-refractivity contribution in [3.05, 3.63) is 48.0 Å². The number of rotatable bonds is 9. The van der Waals surface area contributed by atoms with Crippen LogP contribution in [0.1, 0.15) is 26.2 Å². The second-order valence-electron chi connectivity index (χ2n) is 7.31. The van der Waals surface area contributed by atoms with E-state index in [1.165, 1.54) is 0 Å². The predicted molar refractivity (Wildman–Crippen MR) is 122 cm³/mol. The van der Waals surface area contributed by atoms with Crippen molar-refractivity contribution in [2.45, 2.75) is 42.4 Å². The number of benzene rings is 1. The smallest absolute Gasteiger partial charge is 0.229 e. The molecule has 4 rings (SSSR count). The molecule has 1 saturated carbocycles. The van der Waals surface area contributed by atoms with Gasteiger partial charge in [-0.05, 0) is 55.0 Å². The third-order valence-corrected chi connectivity index (χ3v) is 8.37. The second-order valence-corrected chi connectivity index (χ2v) is 10.6. The Balaban J connectivity index is 1.58. The SMILES string of the molecule is CC[C@H](CO)Nc1nc(Nc2ccc([S@@](=N)(=O)C3CC3)cc2)ncc1-c1cccs1. The van der Waals surface area contributed by atoms with E-state index in [-0.39, 0.29) is 17.9 Å². The van der Waals surface area contributed by atoms with Gasteiger partial charge in [0, 0.05) is 26.9 Å². The molecule has 1 aliphatic carbocycles. The first-order valence-corrected chi connectivity index (χ1v) is 12.4. The first-order valence-electron chi connectivity index (χ1n) is 9.94. The van der Waals surface area contributed by atoms with Crippen molar-refractivity contribution in [3.63, 3.8) is 0 Å². The van der Waals surface area contributed by atoms with Crippen LogP contribution in [0.25, 0.3) is 10.4 Å². The van der Waals surface area contributed by atoms with Crippen molar-refractivity contribution >= 4 is 38.5 Å². The molecule has 1 fully saturated rings. The van der Waals surface area contributed by atoms with Gasteiger partial charge < -0.3 is 15.7 Å². The van der Waals surface area contributed by atoms with Crippen molar-refractivity contribution < 1.29 is 9.32 Å². The van der Waals surface area contributed by atoms with E-state index >= 15 is 0 Å². The van der Waals surface area contributed by atoms with Crippen LogP contribution in [0.5, 0.6) is 0 Å². The normalized spacial score (nSPS) is 16.6. The van der Waals surface area contributed by atoms with Gasteiger partial charge in [-0.2, -0.15) is 4.98 Å². The molecule has 1 aliphatic rings. The zero-order chi connectivity index (χ0) is 21.1. The summed E-state index contributed by atoms with van der Waals surface area (Å²) in [6, 6.07) is 11.0. The average Bonchev–Trinajstić information content (AvgIpc) is 3.49. The summed E-state index contributed by atoms with van der Waals surface area (Å²) in [5, 5.41) is 18.1. The van der Waals surface area contributed by atoms with Gasteiger partial charge in [0.1, 0.15) is 5.82 Å².